The van der Waals surface area contributed by atoms with E-state index in [1.165, 1.54) is 38.6 Å². The van der Waals surface area contributed by atoms with Gasteiger partial charge in [0.25, 0.3) is 5.91 Å². The van der Waals surface area contributed by atoms with Crippen molar-refractivity contribution in [2.45, 2.75) is 45.6 Å². The lowest BCUT2D eigenvalue weighted by atomic mass is 9.88. The number of para-hydroxylation sites is 2. The number of ether oxygens (including phenoxy) is 1. The molecule has 1 saturated heterocycles. The third-order valence-corrected chi connectivity index (χ3v) is 5.79. The van der Waals surface area contributed by atoms with Gasteiger partial charge in [-0.25, -0.2) is 0 Å². The van der Waals surface area contributed by atoms with Gasteiger partial charge in [0.1, 0.15) is 11.9 Å². The molecule has 0 unspecified atom stereocenters. The average Bonchev–Trinajstić information content (AvgIpc) is 2.69. The molecule has 0 spiro atoms. The molecule has 29 heavy (non-hydrogen) atoms. The number of carbonyl (C=O) groups is 1. The fourth-order valence-electron chi connectivity index (χ4n) is 4.16. The van der Waals surface area contributed by atoms with Crippen LogP contribution in [0.3, 0.4) is 0 Å². The van der Waals surface area contributed by atoms with Gasteiger partial charge in [-0.2, -0.15) is 0 Å². The number of nitrogens with one attached hydrogen (secondary N) is 1. The second kappa shape index (κ2) is 9.79. The van der Waals surface area contributed by atoms with E-state index in [0.29, 0.717) is 16.9 Å². The van der Waals surface area contributed by atoms with Gasteiger partial charge in [0.15, 0.2) is 0 Å². The molecule has 1 aliphatic carbocycles. The van der Waals surface area contributed by atoms with E-state index >= 15 is 0 Å². The maximum atomic E-state index is 12.4. The molecule has 156 valence electrons. The highest BCUT2D eigenvalue weighted by Gasteiger charge is 2.30. The molecule has 2 fully saturated rings. The van der Waals surface area contributed by atoms with Crippen molar-refractivity contribution >= 4 is 17.3 Å². The Morgan fingerprint density at radius 1 is 1.03 bits per heavy atom. The zero-order valence-electron chi connectivity index (χ0n) is 16.3. The third kappa shape index (κ3) is 5.51. The van der Waals surface area contributed by atoms with Gasteiger partial charge in [-0.05, 0) is 55.2 Å². The Morgan fingerprint density at radius 2 is 1.72 bits per heavy atom. The first kappa shape index (κ1) is 21.2. The molecular formula is C24H33N3O2. The minimum Gasteiger partial charge on any atom is -0.488 e. The third-order valence-electron chi connectivity index (χ3n) is 5.79. The molecule has 0 radical (unpaired) electrons. The maximum absolute atomic E-state index is 12.4. The van der Waals surface area contributed by atoms with Crippen LogP contribution in [0.25, 0.3) is 0 Å². The highest BCUT2D eigenvalue weighted by Crippen LogP contribution is 2.27. The van der Waals surface area contributed by atoms with E-state index in [9.17, 15) is 4.79 Å². The number of hydrogen-bond donors (Lipinski definition) is 2. The number of nitrogen functional groups attached to an aromatic ring is 1. The second-order valence-electron chi connectivity index (χ2n) is 8.03. The molecule has 5 heteroatoms. The van der Waals surface area contributed by atoms with Crippen LogP contribution in [0.1, 0.15) is 49.9 Å². The van der Waals surface area contributed by atoms with Gasteiger partial charge in [0, 0.05) is 25.2 Å². The summed E-state index contributed by atoms with van der Waals surface area (Å²) in [5, 5.41) is 2.84. The van der Waals surface area contributed by atoms with E-state index in [-0.39, 0.29) is 19.4 Å². The summed E-state index contributed by atoms with van der Waals surface area (Å²) in [6.45, 7) is 3.24. The van der Waals surface area contributed by atoms with Crippen molar-refractivity contribution in [3.05, 3.63) is 54.1 Å². The summed E-state index contributed by atoms with van der Waals surface area (Å²) in [6.07, 6.45) is 7.24. The number of nitrogens with two attached hydrogens (primary N) is 1. The fraction of sp³-hybridized carbons (Fsp3) is 0.458. The van der Waals surface area contributed by atoms with Crippen LogP contribution in [0.15, 0.2) is 48.5 Å². The molecule has 2 aliphatic rings. The lowest BCUT2D eigenvalue weighted by Crippen LogP contribution is -2.55. The van der Waals surface area contributed by atoms with Crippen LogP contribution in [0.2, 0.25) is 0 Å². The molecule has 2 aromatic rings. The summed E-state index contributed by atoms with van der Waals surface area (Å²) >= 11 is 0. The molecule has 0 bridgehead atoms. The summed E-state index contributed by atoms with van der Waals surface area (Å²) in [4.78, 5) is 14.9. The lowest BCUT2D eigenvalue weighted by Gasteiger charge is -2.41. The predicted molar refractivity (Wildman–Crippen MR) is 119 cm³/mol. The van der Waals surface area contributed by atoms with Gasteiger partial charge < -0.3 is 15.8 Å². The summed E-state index contributed by atoms with van der Waals surface area (Å²) in [5.41, 5.74) is 7.64. The highest BCUT2D eigenvalue weighted by molar-refractivity contribution is 6.05. The van der Waals surface area contributed by atoms with Gasteiger partial charge in [0.05, 0.1) is 11.4 Å². The Labute approximate surface area is 174 Å². The molecular weight excluding hydrogens is 362 g/mol. The Bertz CT molecular complexity index is 794. The van der Waals surface area contributed by atoms with E-state index in [0.717, 1.165) is 24.8 Å². The quantitative estimate of drug-likeness (QED) is 0.690. The van der Waals surface area contributed by atoms with Crippen molar-refractivity contribution in [1.82, 2.24) is 4.90 Å². The smallest absolute Gasteiger partial charge is 0.255 e. The van der Waals surface area contributed by atoms with E-state index in [4.69, 9.17) is 10.5 Å². The molecule has 1 saturated carbocycles. The summed E-state index contributed by atoms with van der Waals surface area (Å²) in [5.74, 6) is 1.52. The first-order valence-corrected chi connectivity index (χ1v) is 10.3. The Balaban J connectivity index is 0.00000240. The first-order valence-electron chi connectivity index (χ1n) is 10.3. The molecule has 4 rings (SSSR count). The van der Waals surface area contributed by atoms with E-state index < -0.39 is 0 Å². The Hall–Kier alpha value is -2.53. The van der Waals surface area contributed by atoms with Gasteiger partial charge in [0.2, 0.25) is 0 Å². The predicted octanol–water partition coefficient (Wildman–Crippen LogP) is 4.80. The van der Waals surface area contributed by atoms with Crippen LogP contribution in [0.4, 0.5) is 11.4 Å². The SMILES string of the molecule is C.Nc1ccccc1NC(=O)c1ccc(OC2CN(CC3CCCCC3)C2)cc1. The van der Waals surface area contributed by atoms with Crippen LogP contribution < -0.4 is 15.8 Å². The largest absolute Gasteiger partial charge is 0.488 e. The summed E-state index contributed by atoms with van der Waals surface area (Å²) < 4.78 is 6.05. The van der Waals surface area contributed by atoms with Gasteiger partial charge in [-0.3, -0.25) is 9.69 Å². The second-order valence-corrected chi connectivity index (χ2v) is 8.03. The number of benzene rings is 2. The number of nitrogens with zero attached hydrogens (tertiary/aromatic N) is 1. The van der Waals surface area contributed by atoms with Crippen LogP contribution in [-0.2, 0) is 0 Å². The normalized spacial score (nSPS) is 17.8. The van der Waals surface area contributed by atoms with Gasteiger partial charge in [-0.15, -0.1) is 0 Å². The van der Waals surface area contributed by atoms with Crippen LogP contribution >= 0.6 is 0 Å². The van der Waals surface area contributed by atoms with E-state index in [1.54, 1.807) is 24.3 Å². The van der Waals surface area contributed by atoms with Crippen molar-refractivity contribution in [2.75, 3.05) is 30.7 Å². The molecule has 1 amide bonds. The van der Waals surface area contributed by atoms with E-state index in [1.807, 2.05) is 24.3 Å². The molecule has 0 atom stereocenters. The van der Waals surface area contributed by atoms with E-state index in [2.05, 4.69) is 10.2 Å². The standard InChI is InChI=1S/C23H29N3O2.CH4/c24-21-8-4-5-9-22(21)25-23(27)18-10-12-19(13-11-18)28-20-15-26(16-20)14-17-6-2-1-3-7-17;/h4-5,8-13,17,20H,1-3,6-7,14-16,24H2,(H,25,27);1H4. The highest BCUT2D eigenvalue weighted by atomic mass is 16.5. The van der Waals surface area contributed by atoms with Crippen LogP contribution in [-0.4, -0.2) is 36.5 Å². The summed E-state index contributed by atoms with van der Waals surface area (Å²) in [7, 11) is 0. The Morgan fingerprint density at radius 3 is 2.41 bits per heavy atom. The minimum atomic E-state index is -0.174. The number of amides is 1. The molecule has 5 nitrogen and oxygen atoms in total. The van der Waals surface area contributed by atoms with Crippen molar-refractivity contribution in [1.29, 1.82) is 0 Å². The fourth-order valence-corrected chi connectivity index (χ4v) is 4.16. The number of likely N-dealkylation sites (tertiary alicyclic amines) is 1. The molecule has 1 aliphatic heterocycles. The lowest BCUT2D eigenvalue weighted by molar-refractivity contribution is 0.00668. The van der Waals surface area contributed by atoms with Crippen molar-refractivity contribution in [3.8, 4) is 5.75 Å². The monoisotopic (exact) mass is 395 g/mol. The number of carbonyl (C=O) groups excluding carboxylic acids is 1. The van der Waals surface area contributed by atoms with Gasteiger partial charge in [-0.1, -0.05) is 38.8 Å². The zero-order chi connectivity index (χ0) is 19.3. The van der Waals surface area contributed by atoms with Crippen molar-refractivity contribution in [2.24, 2.45) is 5.92 Å². The number of rotatable bonds is 6. The Kier molecular flexibility index (Phi) is 7.15. The molecule has 1 heterocycles. The molecule has 0 aromatic heterocycles. The number of hydrogen-bond acceptors (Lipinski definition) is 4. The topological polar surface area (TPSA) is 67.6 Å². The van der Waals surface area contributed by atoms with Crippen LogP contribution in [0.5, 0.6) is 5.75 Å². The maximum Gasteiger partial charge on any atom is 0.255 e. The molecule has 3 N–H and O–H groups in total. The minimum absolute atomic E-state index is 0. The first-order chi connectivity index (χ1) is 13.7. The molecule has 2 aromatic carbocycles. The van der Waals surface area contributed by atoms with Crippen LogP contribution in [0, 0.1) is 5.92 Å². The average molecular weight is 396 g/mol. The summed E-state index contributed by atoms with van der Waals surface area (Å²) in [6, 6.07) is 14.6. The number of anilines is 2. The van der Waals surface area contributed by atoms with Crippen molar-refractivity contribution < 1.29 is 9.53 Å². The van der Waals surface area contributed by atoms with Crippen molar-refractivity contribution in [3.63, 3.8) is 0 Å². The van der Waals surface area contributed by atoms with Gasteiger partial charge >= 0.3 is 0 Å². The zero-order valence-corrected chi connectivity index (χ0v) is 16.3.